The fraction of sp³-hybridized carbons (Fsp3) is 0.667. The Hall–Kier alpha value is -0.470. The molecule has 1 atom stereocenters. The molecule has 1 aromatic heterocycles. The maximum atomic E-state index is 12.4. The molecule has 7 heteroatoms. The van der Waals surface area contributed by atoms with E-state index in [9.17, 15) is 8.42 Å². The van der Waals surface area contributed by atoms with Gasteiger partial charge in [0.2, 0.25) is 0 Å². The maximum absolute atomic E-state index is 12.4. The molecule has 5 nitrogen and oxygen atoms in total. The maximum Gasteiger partial charge on any atom is 0.282 e. The van der Waals surface area contributed by atoms with Crippen LogP contribution in [-0.2, 0) is 10.2 Å². The Morgan fingerprint density at radius 2 is 2.11 bits per heavy atom. The quantitative estimate of drug-likeness (QED) is 0.741. The molecule has 0 saturated heterocycles. The van der Waals surface area contributed by atoms with Crippen molar-refractivity contribution in [2.45, 2.75) is 19.4 Å². The topological polar surface area (TPSA) is 52.7 Å². The highest BCUT2D eigenvalue weighted by Crippen LogP contribution is 2.26. The number of nitrogens with one attached hydrogen (secondary N) is 1. The zero-order chi connectivity index (χ0) is 14.5. The monoisotopic (exact) mass is 305 g/mol. The lowest BCUT2D eigenvalue weighted by atomic mass is 10.3. The van der Waals surface area contributed by atoms with Crippen LogP contribution in [0, 0.1) is 0 Å². The molecular weight excluding hydrogens is 282 g/mol. The highest BCUT2D eigenvalue weighted by Gasteiger charge is 2.28. The van der Waals surface area contributed by atoms with E-state index >= 15 is 0 Å². The molecule has 0 amide bonds. The predicted molar refractivity (Wildman–Crippen MR) is 80.6 cm³/mol. The molecule has 1 aromatic rings. The molecule has 0 aliphatic rings. The zero-order valence-electron chi connectivity index (χ0n) is 12.0. The van der Waals surface area contributed by atoms with E-state index in [0.717, 1.165) is 17.8 Å². The lowest BCUT2D eigenvalue weighted by Crippen LogP contribution is -2.41. The summed E-state index contributed by atoms with van der Waals surface area (Å²) in [6, 6.07) is 3.76. The van der Waals surface area contributed by atoms with Crippen molar-refractivity contribution >= 4 is 21.5 Å². The van der Waals surface area contributed by atoms with E-state index in [1.807, 2.05) is 31.5 Å². The van der Waals surface area contributed by atoms with E-state index in [-0.39, 0.29) is 6.04 Å². The zero-order valence-corrected chi connectivity index (χ0v) is 13.6. The molecule has 1 N–H and O–H groups in total. The third-order valence-electron chi connectivity index (χ3n) is 3.16. The minimum Gasteiger partial charge on any atom is -0.320 e. The molecule has 110 valence electrons. The number of nitrogens with zero attached hydrogens (tertiary/aromatic N) is 2. The smallest absolute Gasteiger partial charge is 0.282 e. The molecule has 1 rings (SSSR count). The second-order valence-corrected chi connectivity index (χ2v) is 7.57. The Bertz CT molecular complexity index is 459. The van der Waals surface area contributed by atoms with Gasteiger partial charge in [-0.2, -0.15) is 17.0 Å². The average molecular weight is 305 g/mol. The van der Waals surface area contributed by atoms with Crippen LogP contribution in [0.3, 0.4) is 0 Å². The van der Waals surface area contributed by atoms with Crippen LogP contribution in [0.15, 0.2) is 17.5 Å². The van der Waals surface area contributed by atoms with Crippen LogP contribution in [-0.4, -0.2) is 51.3 Å². The van der Waals surface area contributed by atoms with Gasteiger partial charge in [-0.05, 0) is 38.4 Å². The van der Waals surface area contributed by atoms with E-state index in [1.165, 1.54) is 8.61 Å². The van der Waals surface area contributed by atoms with E-state index in [1.54, 1.807) is 25.4 Å². The highest BCUT2D eigenvalue weighted by molar-refractivity contribution is 7.86. The van der Waals surface area contributed by atoms with Gasteiger partial charge < -0.3 is 5.32 Å². The van der Waals surface area contributed by atoms with Gasteiger partial charge in [0.1, 0.15) is 0 Å². The van der Waals surface area contributed by atoms with Crippen LogP contribution in [0.2, 0.25) is 0 Å². The van der Waals surface area contributed by atoms with Gasteiger partial charge in [0.15, 0.2) is 0 Å². The summed E-state index contributed by atoms with van der Waals surface area (Å²) in [6.45, 7) is 3.24. The number of rotatable bonds is 8. The van der Waals surface area contributed by atoms with Crippen LogP contribution in [0.5, 0.6) is 0 Å². The molecule has 0 bridgehead atoms. The summed E-state index contributed by atoms with van der Waals surface area (Å²) in [4.78, 5) is 1.05. The van der Waals surface area contributed by atoms with Crippen molar-refractivity contribution in [1.29, 1.82) is 0 Å². The van der Waals surface area contributed by atoms with Crippen LogP contribution in [0.1, 0.15) is 24.3 Å². The van der Waals surface area contributed by atoms with Gasteiger partial charge in [-0.3, -0.25) is 0 Å². The van der Waals surface area contributed by atoms with Crippen molar-refractivity contribution in [2.75, 3.05) is 34.2 Å². The summed E-state index contributed by atoms with van der Waals surface area (Å²) >= 11 is 1.57. The fourth-order valence-corrected chi connectivity index (χ4v) is 3.93. The van der Waals surface area contributed by atoms with Gasteiger partial charge >= 0.3 is 0 Å². The summed E-state index contributed by atoms with van der Waals surface area (Å²) in [5.41, 5.74) is 0. The van der Waals surface area contributed by atoms with Crippen molar-refractivity contribution in [3.8, 4) is 0 Å². The second-order valence-electron chi connectivity index (χ2n) is 4.49. The number of hydrogen-bond acceptors (Lipinski definition) is 4. The standard InChI is InChI=1S/C12H23N3O2S2/c1-11(12-7-5-10-18-12)15(4)19(16,17)14(3)9-6-8-13-2/h5,7,10-11,13H,6,8-9H2,1-4H3. The van der Waals surface area contributed by atoms with Gasteiger partial charge in [0.05, 0.1) is 6.04 Å². The molecule has 0 saturated carbocycles. The molecule has 0 radical (unpaired) electrons. The van der Waals surface area contributed by atoms with Crippen molar-refractivity contribution in [3.63, 3.8) is 0 Å². The number of thiophene rings is 1. The highest BCUT2D eigenvalue weighted by atomic mass is 32.2. The number of hydrogen-bond donors (Lipinski definition) is 1. The first-order valence-electron chi connectivity index (χ1n) is 6.28. The molecule has 0 aliphatic heterocycles. The van der Waals surface area contributed by atoms with Crippen LogP contribution in [0.25, 0.3) is 0 Å². The Morgan fingerprint density at radius 1 is 1.42 bits per heavy atom. The van der Waals surface area contributed by atoms with Gasteiger partial charge in [0.25, 0.3) is 10.2 Å². The Labute approximate surface area is 120 Å². The van der Waals surface area contributed by atoms with Crippen LogP contribution in [0.4, 0.5) is 0 Å². The van der Waals surface area contributed by atoms with Crippen LogP contribution < -0.4 is 5.32 Å². The molecule has 0 fully saturated rings. The van der Waals surface area contributed by atoms with Gasteiger partial charge in [0, 0.05) is 25.5 Å². The molecule has 0 aromatic carbocycles. The lowest BCUT2D eigenvalue weighted by molar-refractivity contribution is 0.350. The fourth-order valence-electron chi connectivity index (χ4n) is 1.72. The van der Waals surface area contributed by atoms with Gasteiger partial charge in [-0.25, -0.2) is 0 Å². The average Bonchev–Trinajstić information content (AvgIpc) is 2.90. The normalized spacial score (nSPS) is 14.2. The predicted octanol–water partition coefficient (Wildman–Crippen LogP) is 1.53. The van der Waals surface area contributed by atoms with E-state index in [2.05, 4.69) is 5.32 Å². The first kappa shape index (κ1) is 16.6. The summed E-state index contributed by atoms with van der Waals surface area (Å²) in [5.74, 6) is 0. The Morgan fingerprint density at radius 3 is 2.63 bits per heavy atom. The molecule has 19 heavy (non-hydrogen) atoms. The SMILES string of the molecule is CNCCCN(C)S(=O)(=O)N(C)C(C)c1cccs1. The summed E-state index contributed by atoms with van der Waals surface area (Å²) in [5, 5.41) is 4.98. The van der Waals surface area contributed by atoms with Gasteiger partial charge in [-0.1, -0.05) is 6.07 Å². The van der Waals surface area contributed by atoms with Crippen LogP contribution >= 0.6 is 11.3 Å². The van der Waals surface area contributed by atoms with Crippen molar-refractivity contribution in [3.05, 3.63) is 22.4 Å². The molecule has 1 heterocycles. The van der Waals surface area contributed by atoms with E-state index < -0.39 is 10.2 Å². The van der Waals surface area contributed by atoms with E-state index in [4.69, 9.17) is 0 Å². The molecular formula is C12H23N3O2S2. The summed E-state index contributed by atoms with van der Waals surface area (Å²) in [7, 11) is 1.72. The second kappa shape index (κ2) is 7.35. The third-order valence-corrected chi connectivity index (χ3v) is 6.21. The minimum atomic E-state index is -3.40. The summed E-state index contributed by atoms with van der Waals surface area (Å²) in [6.07, 6.45) is 0.799. The largest absolute Gasteiger partial charge is 0.320 e. The van der Waals surface area contributed by atoms with E-state index in [0.29, 0.717) is 6.54 Å². The minimum absolute atomic E-state index is 0.142. The lowest BCUT2D eigenvalue weighted by Gasteiger charge is -2.28. The Kier molecular flexibility index (Phi) is 6.41. The van der Waals surface area contributed by atoms with Gasteiger partial charge in [-0.15, -0.1) is 11.3 Å². The molecule has 1 unspecified atom stereocenters. The first-order valence-corrected chi connectivity index (χ1v) is 8.56. The molecule has 0 aliphatic carbocycles. The van der Waals surface area contributed by atoms with Crippen molar-refractivity contribution in [2.24, 2.45) is 0 Å². The summed E-state index contributed by atoms with van der Waals surface area (Å²) < 4.78 is 27.6. The van der Waals surface area contributed by atoms with Crippen molar-refractivity contribution < 1.29 is 8.42 Å². The first-order chi connectivity index (χ1) is 8.91. The third kappa shape index (κ3) is 4.25. The molecule has 0 spiro atoms. The Balaban J connectivity index is 2.70. The van der Waals surface area contributed by atoms with Crippen molar-refractivity contribution in [1.82, 2.24) is 13.9 Å².